The molecular formula is C14H13ClN4S. The molecule has 0 saturated carbocycles. The fourth-order valence-corrected chi connectivity index (χ4v) is 2.93. The lowest BCUT2D eigenvalue weighted by molar-refractivity contribution is 0.755. The van der Waals surface area contributed by atoms with E-state index in [2.05, 4.69) is 15.1 Å². The number of benzene rings is 1. The van der Waals surface area contributed by atoms with Crippen LogP contribution in [-0.2, 0) is 12.8 Å². The van der Waals surface area contributed by atoms with E-state index in [4.69, 9.17) is 11.6 Å². The van der Waals surface area contributed by atoms with Gasteiger partial charge in [0.2, 0.25) is 0 Å². The number of hydrogen-bond acceptors (Lipinski definition) is 4. The maximum atomic E-state index is 5.98. The lowest BCUT2D eigenvalue weighted by Gasteiger charge is -2.05. The van der Waals surface area contributed by atoms with Gasteiger partial charge in [0.25, 0.3) is 0 Å². The highest BCUT2D eigenvalue weighted by molar-refractivity contribution is 7.98. The summed E-state index contributed by atoms with van der Waals surface area (Å²) in [5.41, 5.74) is 3.72. The third-order valence-electron chi connectivity index (χ3n) is 2.93. The van der Waals surface area contributed by atoms with Gasteiger partial charge in [-0.1, -0.05) is 35.5 Å². The van der Waals surface area contributed by atoms with Crippen molar-refractivity contribution >= 4 is 34.4 Å². The monoisotopic (exact) mass is 304 g/mol. The smallest absolute Gasteiger partial charge is 0.127 e. The van der Waals surface area contributed by atoms with E-state index in [9.17, 15) is 0 Å². The number of nitrogens with zero attached hydrogens (tertiary/aromatic N) is 4. The van der Waals surface area contributed by atoms with Crippen molar-refractivity contribution in [2.75, 3.05) is 0 Å². The maximum absolute atomic E-state index is 5.98. The van der Waals surface area contributed by atoms with Gasteiger partial charge in [0, 0.05) is 12.8 Å². The number of para-hydroxylation sites is 2. The molecule has 2 aromatic heterocycles. The van der Waals surface area contributed by atoms with Crippen LogP contribution >= 0.6 is 23.4 Å². The molecule has 6 heteroatoms. The lowest BCUT2D eigenvalue weighted by Crippen LogP contribution is -1.94. The molecule has 0 radical (unpaired) electrons. The molecule has 0 saturated heterocycles. The molecule has 0 amide bonds. The average molecular weight is 305 g/mol. The van der Waals surface area contributed by atoms with Gasteiger partial charge in [-0.3, -0.25) is 4.68 Å². The van der Waals surface area contributed by atoms with E-state index >= 15 is 0 Å². The van der Waals surface area contributed by atoms with Crippen LogP contribution in [-0.4, -0.2) is 19.7 Å². The summed E-state index contributed by atoms with van der Waals surface area (Å²) in [5.74, 6) is 0.731. The first-order valence-electron chi connectivity index (χ1n) is 6.18. The third-order valence-corrected chi connectivity index (χ3v) is 4.39. The van der Waals surface area contributed by atoms with Gasteiger partial charge in [-0.15, -0.1) is 0 Å². The van der Waals surface area contributed by atoms with Gasteiger partial charge in [-0.25, -0.2) is 9.97 Å². The molecule has 20 heavy (non-hydrogen) atoms. The summed E-state index contributed by atoms with van der Waals surface area (Å²) in [6.07, 6.45) is 0. The molecule has 3 rings (SSSR count). The number of hydrogen-bond donors (Lipinski definition) is 0. The zero-order chi connectivity index (χ0) is 14.1. The van der Waals surface area contributed by atoms with Crippen molar-refractivity contribution in [1.29, 1.82) is 0 Å². The van der Waals surface area contributed by atoms with Gasteiger partial charge in [-0.2, -0.15) is 5.10 Å². The molecule has 102 valence electrons. The first-order chi connectivity index (χ1) is 9.63. The van der Waals surface area contributed by atoms with Crippen LogP contribution in [0.5, 0.6) is 0 Å². The van der Waals surface area contributed by atoms with Crippen LogP contribution in [0.25, 0.3) is 11.0 Å². The number of halogens is 1. The van der Waals surface area contributed by atoms with Crippen molar-refractivity contribution in [1.82, 2.24) is 19.7 Å². The molecule has 0 bridgehead atoms. The number of rotatable bonds is 3. The molecule has 3 aromatic rings. The molecule has 4 nitrogen and oxygen atoms in total. The quantitative estimate of drug-likeness (QED) is 0.693. The van der Waals surface area contributed by atoms with Gasteiger partial charge in [0.05, 0.1) is 22.4 Å². The van der Waals surface area contributed by atoms with Gasteiger partial charge in [-0.05, 0) is 25.1 Å². The van der Waals surface area contributed by atoms with E-state index in [0.717, 1.165) is 33.2 Å². The Morgan fingerprint density at radius 2 is 1.90 bits per heavy atom. The first-order valence-corrected chi connectivity index (χ1v) is 7.54. The molecule has 0 fully saturated rings. The van der Waals surface area contributed by atoms with E-state index in [1.54, 1.807) is 16.4 Å². The Balaban J connectivity index is 1.85. The Bertz CT molecular complexity index is 749. The Kier molecular flexibility index (Phi) is 3.63. The Labute approximate surface area is 126 Å². The molecule has 0 aliphatic heterocycles. The summed E-state index contributed by atoms with van der Waals surface area (Å²) >= 11 is 7.61. The van der Waals surface area contributed by atoms with Crippen LogP contribution in [0.2, 0.25) is 5.15 Å². The molecule has 0 N–H and O–H groups in total. The average Bonchev–Trinajstić information content (AvgIpc) is 2.75. The molecule has 0 spiro atoms. The maximum Gasteiger partial charge on any atom is 0.127 e. The molecule has 0 aliphatic carbocycles. The summed E-state index contributed by atoms with van der Waals surface area (Å²) in [5, 5.41) is 5.91. The highest BCUT2D eigenvalue weighted by Gasteiger charge is 2.08. The number of aryl methyl sites for hydroxylation is 2. The predicted octanol–water partition coefficient (Wildman–Crippen LogP) is 3.62. The third kappa shape index (κ3) is 2.64. The number of thioether (sulfide) groups is 1. The Hall–Kier alpha value is -1.59. The van der Waals surface area contributed by atoms with Crippen molar-refractivity contribution in [3.8, 4) is 0 Å². The van der Waals surface area contributed by atoms with Crippen molar-refractivity contribution < 1.29 is 0 Å². The molecule has 1 aromatic carbocycles. The van der Waals surface area contributed by atoms with Gasteiger partial charge in [0.1, 0.15) is 10.2 Å². The van der Waals surface area contributed by atoms with Gasteiger partial charge < -0.3 is 0 Å². The highest BCUT2D eigenvalue weighted by Crippen LogP contribution is 2.25. The zero-order valence-electron chi connectivity index (χ0n) is 11.2. The minimum Gasteiger partial charge on any atom is -0.257 e. The second-order valence-electron chi connectivity index (χ2n) is 4.47. The summed E-state index contributed by atoms with van der Waals surface area (Å²) in [4.78, 5) is 9.23. The van der Waals surface area contributed by atoms with Crippen molar-refractivity contribution in [3.05, 3.63) is 46.9 Å². The minimum atomic E-state index is 0.641. The zero-order valence-corrected chi connectivity index (χ0v) is 12.7. The number of aromatic nitrogens is 4. The fourth-order valence-electron chi connectivity index (χ4n) is 1.92. The van der Waals surface area contributed by atoms with Crippen molar-refractivity contribution in [2.24, 2.45) is 7.05 Å². The van der Waals surface area contributed by atoms with Crippen LogP contribution in [0.15, 0.2) is 35.4 Å². The van der Waals surface area contributed by atoms with Crippen molar-refractivity contribution in [2.45, 2.75) is 17.7 Å². The fraction of sp³-hybridized carbons (Fsp3) is 0.214. The Morgan fingerprint density at radius 1 is 1.20 bits per heavy atom. The highest BCUT2D eigenvalue weighted by atomic mass is 35.5. The lowest BCUT2D eigenvalue weighted by atomic mass is 10.3. The number of fused-ring (bicyclic) bond motifs is 1. The van der Waals surface area contributed by atoms with E-state index in [-0.39, 0.29) is 0 Å². The second kappa shape index (κ2) is 5.42. The Morgan fingerprint density at radius 3 is 2.55 bits per heavy atom. The van der Waals surface area contributed by atoms with Crippen molar-refractivity contribution in [3.63, 3.8) is 0 Å². The normalized spacial score (nSPS) is 11.2. The first kappa shape index (κ1) is 13.4. The van der Waals surface area contributed by atoms with E-state index in [1.165, 1.54) is 0 Å². The van der Waals surface area contributed by atoms with E-state index < -0.39 is 0 Å². The SMILES string of the molecule is Cc1nc2ccccc2nc1SCc1cc(Cl)n(C)n1. The topological polar surface area (TPSA) is 43.6 Å². The van der Waals surface area contributed by atoms with E-state index in [0.29, 0.717) is 5.15 Å². The molecule has 0 aliphatic rings. The van der Waals surface area contributed by atoms with Gasteiger partial charge >= 0.3 is 0 Å². The molecule has 0 unspecified atom stereocenters. The van der Waals surface area contributed by atoms with Crippen LogP contribution in [0.3, 0.4) is 0 Å². The van der Waals surface area contributed by atoms with Crippen LogP contribution in [0, 0.1) is 6.92 Å². The van der Waals surface area contributed by atoms with E-state index in [1.807, 2.05) is 44.3 Å². The largest absolute Gasteiger partial charge is 0.257 e. The molecule has 2 heterocycles. The van der Waals surface area contributed by atoms with Crippen LogP contribution in [0.4, 0.5) is 0 Å². The summed E-state index contributed by atoms with van der Waals surface area (Å²) in [6.45, 7) is 1.98. The van der Waals surface area contributed by atoms with Gasteiger partial charge in [0.15, 0.2) is 0 Å². The standard InChI is InChI=1S/C14H13ClN4S/c1-9-14(17-12-6-4-3-5-11(12)16-9)20-8-10-7-13(15)19(2)18-10/h3-7H,8H2,1-2H3. The van der Waals surface area contributed by atoms with Crippen LogP contribution in [0.1, 0.15) is 11.4 Å². The van der Waals surface area contributed by atoms with Crippen LogP contribution < -0.4 is 0 Å². The molecule has 0 atom stereocenters. The summed E-state index contributed by atoms with van der Waals surface area (Å²) in [6, 6.07) is 9.77. The molecular weight excluding hydrogens is 292 g/mol. The second-order valence-corrected chi connectivity index (χ2v) is 5.82. The predicted molar refractivity (Wildman–Crippen MR) is 82.1 cm³/mol. The summed E-state index contributed by atoms with van der Waals surface area (Å²) < 4.78 is 1.66. The minimum absolute atomic E-state index is 0.641. The summed E-state index contributed by atoms with van der Waals surface area (Å²) in [7, 11) is 1.83.